The number of benzene rings is 6. The van der Waals surface area contributed by atoms with E-state index in [4.69, 9.17) is 0 Å². The molecule has 0 spiro atoms. The highest BCUT2D eigenvalue weighted by Gasteiger charge is 2.27. The maximum Gasteiger partial charge on any atom is 0.147 e. The second-order valence-electron chi connectivity index (χ2n) is 9.24. The lowest BCUT2D eigenvalue weighted by molar-refractivity contribution is 0.620. The summed E-state index contributed by atoms with van der Waals surface area (Å²) in [6, 6.07) is 34.3. The van der Waals surface area contributed by atoms with Gasteiger partial charge < -0.3 is 9.13 Å². The molecule has 0 aromatic heterocycles. The molecule has 0 fully saturated rings. The van der Waals surface area contributed by atoms with Crippen molar-refractivity contribution in [2.24, 2.45) is 0 Å². The summed E-state index contributed by atoms with van der Waals surface area (Å²) in [5, 5.41) is 4.19. The van der Waals surface area contributed by atoms with Crippen LogP contribution in [0.4, 0.5) is 8.78 Å². The van der Waals surface area contributed by atoms with Gasteiger partial charge in [-0.1, -0.05) is 60.7 Å². The van der Waals surface area contributed by atoms with Gasteiger partial charge in [-0.05, 0) is 59.3 Å². The van der Waals surface area contributed by atoms with E-state index in [1.807, 2.05) is 57.7 Å². The third-order valence-corrected chi connectivity index (χ3v) is 7.40. The van der Waals surface area contributed by atoms with Crippen LogP contribution in [-0.4, -0.2) is 9.13 Å². The van der Waals surface area contributed by atoms with Crippen LogP contribution in [0.25, 0.3) is 66.1 Å². The zero-order valence-corrected chi connectivity index (χ0v) is 19.0. The van der Waals surface area contributed by atoms with Gasteiger partial charge in [-0.2, -0.15) is 0 Å². The largest absolute Gasteiger partial charge is 0.306 e. The molecular weight excluding hydrogens is 450 g/mol. The van der Waals surface area contributed by atoms with Gasteiger partial charge >= 0.3 is 0 Å². The van der Waals surface area contributed by atoms with Crippen LogP contribution in [0.5, 0.6) is 0 Å². The van der Waals surface area contributed by atoms with Crippen LogP contribution in [0.3, 0.4) is 0 Å². The Balaban J connectivity index is 1.73. The molecule has 0 bridgehead atoms. The average molecular weight is 469 g/mol. The molecule has 0 saturated carbocycles. The van der Waals surface area contributed by atoms with Crippen molar-refractivity contribution in [2.75, 3.05) is 0 Å². The second kappa shape index (κ2) is 6.92. The van der Waals surface area contributed by atoms with Gasteiger partial charge in [-0.25, -0.2) is 8.78 Å². The van der Waals surface area contributed by atoms with Crippen LogP contribution >= 0.6 is 0 Å². The Morgan fingerprint density at radius 1 is 0.389 bits per heavy atom. The molecule has 0 atom stereocenters. The summed E-state index contributed by atoms with van der Waals surface area (Å²) < 4.78 is 34.6. The molecule has 0 unspecified atom stereocenters. The van der Waals surface area contributed by atoms with Gasteiger partial charge in [-0.3, -0.25) is 0 Å². The van der Waals surface area contributed by atoms with E-state index in [0.29, 0.717) is 11.4 Å². The molecule has 0 saturated heterocycles. The van der Waals surface area contributed by atoms with E-state index in [0.717, 1.165) is 54.7 Å². The summed E-state index contributed by atoms with van der Waals surface area (Å²) in [6.45, 7) is 0. The van der Waals surface area contributed by atoms with Gasteiger partial charge in [0.2, 0.25) is 0 Å². The van der Waals surface area contributed by atoms with E-state index in [2.05, 4.69) is 36.4 Å². The zero-order valence-electron chi connectivity index (χ0n) is 19.0. The van der Waals surface area contributed by atoms with Crippen molar-refractivity contribution in [2.45, 2.75) is 0 Å². The van der Waals surface area contributed by atoms with E-state index >= 15 is 8.78 Å². The predicted octanol–water partition coefficient (Wildman–Crippen LogP) is 8.70. The molecule has 4 heteroatoms. The number of hydrogen-bond acceptors (Lipinski definition) is 0. The Bertz CT molecular complexity index is 1930. The van der Waals surface area contributed by atoms with E-state index in [1.54, 1.807) is 12.1 Å². The number of halogens is 2. The van der Waals surface area contributed by atoms with Crippen molar-refractivity contribution in [3.05, 3.63) is 121 Å². The van der Waals surface area contributed by atoms with Crippen LogP contribution in [0, 0.1) is 11.6 Å². The van der Waals surface area contributed by atoms with Crippen LogP contribution in [0.15, 0.2) is 109 Å². The van der Waals surface area contributed by atoms with Gasteiger partial charge in [0.15, 0.2) is 0 Å². The highest BCUT2D eigenvalue weighted by Crippen LogP contribution is 2.49. The van der Waals surface area contributed by atoms with Crippen LogP contribution < -0.4 is 0 Å². The standard InChI is InChI=1S/C32H18F2N2/c33-21-9-1-3-11-23(21)35-25-13-5-7-19-16-18-28-32(29(19)25)31-27(35)17-15-20-8-6-14-26(30(20)31)36(28)24-12-4-2-10-22(24)34/h1-18H. The highest BCUT2D eigenvalue weighted by atomic mass is 19.1. The Morgan fingerprint density at radius 3 is 1.28 bits per heavy atom. The first-order valence-electron chi connectivity index (χ1n) is 11.9. The average Bonchev–Trinajstić information content (AvgIpc) is 2.91. The van der Waals surface area contributed by atoms with Crippen LogP contribution in [0.1, 0.15) is 0 Å². The maximum atomic E-state index is 15.3. The Hall–Kier alpha value is -4.70. The number of pyridine rings is 2. The minimum absolute atomic E-state index is 0.279. The molecule has 2 nitrogen and oxygen atoms in total. The van der Waals surface area contributed by atoms with Gasteiger partial charge in [0.25, 0.3) is 0 Å². The SMILES string of the molecule is Fc1ccccc1-n1c2ccc3cccc4c3c2-c2c3c(cccc31)ccc2n4-c1ccccc1F. The van der Waals surface area contributed by atoms with Gasteiger partial charge in [0, 0.05) is 21.9 Å². The van der Waals surface area contributed by atoms with E-state index in [9.17, 15) is 0 Å². The minimum atomic E-state index is -0.279. The molecule has 2 aliphatic rings. The quantitative estimate of drug-likeness (QED) is 0.177. The van der Waals surface area contributed by atoms with Crippen molar-refractivity contribution in [1.82, 2.24) is 9.13 Å². The fourth-order valence-corrected chi connectivity index (χ4v) is 5.99. The molecule has 2 heterocycles. The second-order valence-corrected chi connectivity index (χ2v) is 9.24. The first-order chi connectivity index (χ1) is 17.7. The Morgan fingerprint density at radius 2 is 0.833 bits per heavy atom. The summed E-state index contributed by atoms with van der Waals surface area (Å²) in [5.74, 6) is -0.558. The monoisotopic (exact) mass is 468 g/mol. The minimum Gasteiger partial charge on any atom is -0.306 e. The lowest BCUT2D eigenvalue weighted by Gasteiger charge is -2.29. The summed E-state index contributed by atoms with van der Waals surface area (Å²) >= 11 is 0. The number of aromatic nitrogens is 2. The first kappa shape index (κ1) is 19.6. The number of para-hydroxylation sites is 2. The fourth-order valence-electron chi connectivity index (χ4n) is 5.99. The molecule has 2 aliphatic heterocycles. The fraction of sp³-hybridized carbons (Fsp3) is 0. The molecule has 6 aromatic rings. The highest BCUT2D eigenvalue weighted by molar-refractivity contribution is 6.26. The summed E-state index contributed by atoms with van der Waals surface area (Å²) in [6.07, 6.45) is 0. The van der Waals surface area contributed by atoms with E-state index in [1.165, 1.54) is 12.1 Å². The van der Waals surface area contributed by atoms with Gasteiger partial charge in [0.05, 0.1) is 33.4 Å². The number of hydrogen-bond donors (Lipinski definition) is 0. The third kappa shape index (κ3) is 2.38. The van der Waals surface area contributed by atoms with Crippen LogP contribution in [0.2, 0.25) is 0 Å². The zero-order chi connectivity index (χ0) is 24.0. The van der Waals surface area contributed by atoms with Crippen molar-refractivity contribution in [1.29, 1.82) is 0 Å². The van der Waals surface area contributed by atoms with Gasteiger partial charge in [-0.15, -0.1) is 0 Å². The molecule has 6 aromatic carbocycles. The smallest absolute Gasteiger partial charge is 0.147 e. The molecule has 36 heavy (non-hydrogen) atoms. The van der Waals surface area contributed by atoms with E-state index < -0.39 is 0 Å². The van der Waals surface area contributed by atoms with Crippen molar-refractivity contribution >= 4 is 43.6 Å². The molecule has 0 aliphatic carbocycles. The van der Waals surface area contributed by atoms with Crippen molar-refractivity contribution in [3.8, 4) is 22.5 Å². The maximum absolute atomic E-state index is 15.3. The normalized spacial score (nSPS) is 12.2. The number of nitrogens with zero attached hydrogens (tertiary/aromatic N) is 2. The summed E-state index contributed by atoms with van der Waals surface area (Å²) in [4.78, 5) is 0. The van der Waals surface area contributed by atoms with Crippen molar-refractivity contribution < 1.29 is 8.78 Å². The topological polar surface area (TPSA) is 9.86 Å². The number of rotatable bonds is 2. The molecule has 0 radical (unpaired) electrons. The van der Waals surface area contributed by atoms with E-state index in [-0.39, 0.29) is 11.6 Å². The summed E-state index contributed by atoms with van der Waals surface area (Å²) in [5.41, 5.74) is 6.78. The lowest BCUT2D eigenvalue weighted by atomic mass is 9.87. The van der Waals surface area contributed by atoms with Gasteiger partial charge in [0.1, 0.15) is 11.6 Å². The van der Waals surface area contributed by atoms with Crippen molar-refractivity contribution in [3.63, 3.8) is 0 Å². The predicted molar refractivity (Wildman–Crippen MR) is 143 cm³/mol. The summed E-state index contributed by atoms with van der Waals surface area (Å²) in [7, 11) is 0. The molecule has 0 N–H and O–H groups in total. The molecule has 8 rings (SSSR count). The molecule has 0 amide bonds. The third-order valence-electron chi connectivity index (χ3n) is 7.40. The first-order valence-corrected chi connectivity index (χ1v) is 11.9. The molecule has 170 valence electrons. The Kier molecular flexibility index (Phi) is 3.77. The van der Waals surface area contributed by atoms with Crippen LogP contribution in [-0.2, 0) is 0 Å². The Labute approximate surface area is 204 Å². The lowest BCUT2D eigenvalue weighted by Crippen LogP contribution is -2.11. The molecular formula is C32H18F2N2.